The Hall–Kier alpha value is -3.32. The van der Waals surface area contributed by atoms with Gasteiger partial charge in [-0.05, 0) is 48.7 Å². The number of allylic oxidation sites excluding steroid dienone is 4. The summed E-state index contributed by atoms with van der Waals surface area (Å²) in [7, 11) is 0. The largest absolute Gasteiger partial charge is 0.339 e. The minimum Gasteiger partial charge on any atom is -0.339 e. The maximum Gasteiger partial charge on any atom is 0.196 e. The Morgan fingerprint density at radius 1 is 1.10 bits per heavy atom. The molecular weight excluding hydrogens is 390 g/mol. The third kappa shape index (κ3) is 3.23. The minimum absolute atomic E-state index is 0.315. The van der Waals surface area contributed by atoms with Crippen LogP contribution in [-0.2, 0) is 0 Å². The zero-order valence-corrected chi connectivity index (χ0v) is 16.1. The van der Waals surface area contributed by atoms with E-state index in [-0.39, 0.29) is 5.82 Å². The van der Waals surface area contributed by atoms with E-state index in [9.17, 15) is 8.78 Å². The standard InChI is InChI=1S/C22H16F2N4S/c23-15-6-8-16(9-7-15)26-21-20(17-10-11-25-12-18(17)24)27-22-28(21)19(13-29-22)14-4-2-1-3-5-14/h1-2,4,6-13,26H,3,5H2. The van der Waals surface area contributed by atoms with Crippen molar-refractivity contribution in [3.63, 3.8) is 0 Å². The summed E-state index contributed by atoms with van der Waals surface area (Å²) in [5.74, 6) is -0.116. The quantitative estimate of drug-likeness (QED) is 0.438. The molecule has 1 aromatic carbocycles. The molecule has 5 rings (SSSR count). The molecule has 0 unspecified atom stereocenters. The number of aromatic nitrogens is 3. The van der Waals surface area contributed by atoms with Crippen molar-refractivity contribution < 1.29 is 8.78 Å². The summed E-state index contributed by atoms with van der Waals surface area (Å²) in [6.45, 7) is 0. The Balaban J connectivity index is 1.73. The van der Waals surface area contributed by atoms with Crippen molar-refractivity contribution in [2.45, 2.75) is 12.8 Å². The van der Waals surface area contributed by atoms with Gasteiger partial charge in [0.15, 0.2) is 10.8 Å². The molecule has 1 aliphatic carbocycles. The second-order valence-corrected chi connectivity index (χ2v) is 7.53. The summed E-state index contributed by atoms with van der Waals surface area (Å²) in [6, 6.07) is 7.68. The summed E-state index contributed by atoms with van der Waals surface area (Å²) in [5, 5.41) is 5.39. The Morgan fingerprint density at radius 2 is 1.97 bits per heavy atom. The molecule has 7 heteroatoms. The van der Waals surface area contributed by atoms with Gasteiger partial charge in [-0.2, -0.15) is 0 Å². The minimum atomic E-state index is -0.443. The average molecular weight is 406 g/mol. The SMILES string of the molecule is Fc1ccc(Nc2c(-c3ccncc3F)nc3scc(C4=CC=CCC4)n23)cc1. The number of fused-ring (bicyclic) bond motifs is 1. The molecule has 4 nitrogen and oxygen atoms in total. The molecule has 3 aromatic heterocycles. The summed E-state index contributed by atoms with van der Waals surface area (Å²) in [6.07, 6.45) is 10.9. The predicted molar refractivity (Wildman–Crippen MR) is 112 cm³/mol. The van der Waals surface area contributed by atoms with Gasteiger partial charge < -0.3 is 5.32 Å². The lowest BCUT2D eigenvalue weighted by atomic mass is 10.0. The smallest absolute Gasteiger partial charge is 0.196 e. The molecule has 0 atom stereocenters. The van der Waals surface area contributed by atoms with Crippen LogP contribution in [0.1, 0.15) is 18.5 Å². The van der Waals surface area contributed by atoms with Crippen molar-refractivity contribution in [3.05, 3.63) is 83.7 Å². The zero-order valence-electron chi connectivity index (χ0n) is 15.3. The maximum atomic E-state index is 14.5. The second-order valence-electron chi connectivity index (χ2n) is 6.69. The summed E-state index contributed by atoms with van der Waals surface area (Å²) in [5.41, 5.74) is 3.77. The number of rotatable bonds is 4. The molecule has 0 bridgehead atoms. The first-order valence-corrected chi connectivity index (χ1v) is 10.1. The fourth-order valence-corrected chi connectivity index (χ4v) is 4.35. The van der Waals surface area contributed by atoms with Crippen LogP contribution in [0, 0.1) is 11.6 Å². The molecule has 1 aliphatic rings. The van der Waals surface area contributed by atoms with Crippen LogP contribution in [0.4, 0.5) is 20.3 Å². The number of halogens is 2. The topological polar surface area (TPSA) is 42.2 Å². The second kappa shape index (κ2) is 7.25. The van der Waals surface area contributed by atoms with Gasteiger partial charge in [-0.1, -0.05) is 18.2 Å². The number of thiazole rings is 1. The van der Waals surface area contributed by atoms with E-state index in [1.807, 2.05) is 4.40 Å². The van der Waals surface area contributed by atoms with Crippen LogP contribution in [0.15, 0.2) is 66.3 Å². The lowest BCUT2D eigenvalue weighted by Crippen LogP contribution is -2.01. The average Bonchev–Trinajstić information content (AvgIpc) is 3.31. The third-order valence-corrected chi connectivity index (χ3v) is 5.67. The molecule has 0 fully saturated rings. The van der Waals surface area contributed by atoms with Gasteiger partial charge in [0.05, 0.1) is 11.9 Å². The van der Waals surface area contributed by atoms with E-state index in [1.165, 1.54) is 35.2 Å². The molecule has 1 N–H and O–H groups in total. The van der Waals surface area contributed by atoms with Crippen molar-refractivity contribution in [1.29, 1.82) is 0 Å². The predicted octanol–water partition coefficient (Wildman–Crippen LogP) is 6.21. The molecule has 4 aromatic rings. The Bertz CT molecular complexity index is 1250. The van der Waals surface area contributed by atoms with Gasteiger partial charge in [0, 0.05) is 22.8 Å². The van der Waals surface area contributed by atoms with Gasteiger partial charge in [0.1, 0.15) is 17.3 Å². The van der Waals surface area contributed by atoms with Crippen molar-refractivity contribution in [1.82, 2.24) is 14.4 Å². The molecule has 0 aliphatic heterocycles. The lowest BCUT2D eigenvalue weighted by Gasteiger charge is -2.13. The highest BCUT2D eigenvalue weighted by Crippen LogP contribution is 2.38. The van der Waals surface area contributed by atoms with Crippen molar-refractivity contribution in [2.24, 2.45) is 0 Å². The Morgan fingerprint density at radius 3 is 2.72 bits per heavy atom. The van der Waals surface area contributed by atoms with E-state index in [0.29, 0.717) is 22.8 Å². The molecular formula is C22H16F2N4S. The highest BCUT2D eigenvalue weighted by molar-refractivity contribution is 7.15. The number of hydrogen-bond acceptors (Lipinski definition) is 4. The van der Waals surface area contributed by atoms with E-state index in [0.717, 1.165) is 23.5 Å². The molecule has 29 heavy (non-hydrogen) atoms. The van der Waals surface area contributed by atoms with Crippen LogP contribution >= 0.6 is 11.3 Å². The highest BCUT2D eigenvalue weighted by atomic mass is 32.1. The van der Waals surface area contributed by atoms with E-state index in [2.05, 4.69) is 33.9 Å². The number of hydrogen-bond donors (Lipinski definition) is 1. The van der Waals surface area contributed by atoms with Crippen molar-refractivity contribution >= 4 is 33.4 Å². The fraction of sp³-hybridized carbons (Fsp3) is 0.0909. The van der Waals surface area contributed by atoms with E-state index in [1.54, 1.807) is 24.4 Å². The maximum absolute atomic E-state index is 14.5. The van der Waals surface area contributed by atoms with Gasteiger partial charge in [0.25, 0.3) is 0 Å². The van der Waals surface area contributed by atoms with Crippen molar-refractivity contribution in [2.75, 3.05) is 5.32 Å². The number of benzene rings is 1. The number of nitrogens with one attached hydrogen (secondary N) is 1. The first kappa shape index (κ1) is 17.8. The number of anilines is 2. The van der Waals surface area contributed by atoms with Crippen LogP contribution in [-0.4, -0.2) is 14.4 Å². The number of nitrogens with zero attached hydrogens (tertiary/aromatic N) is 3. The number of pyridine rings is 1. The summed E-state index contributed by atoms with van der Waals surface area (Å²) < 4.78 is 29.9. The van der Waals surface area contributed by atoms with Gasteiger partial charge >= 0.3 is 0 Å². The van der Waals surface area contributed by atoms with E-state index >= 15 is 0 Å². The van der Waals surface area contributed by atoms with Crippen molar-refractivity contribution in [3.8, 4) is 11.3 Å². The normalized spacial score (nSPS) is 13.7. The Labute approximate surface area is 169 Å². The van der Waals surface area contributed by atoms with Gasteiger partial charge in [0.2, 0.25) is 0 Å². The summed E-state index contributed by atoms with van der Waals surface area (Å²) >= 11 is 1.50. The Kier molecular flexibility index (Phi) is 4.44. The lowest BCUT2D eigenvalue weighted by molar-refractivity contribution is 0.624. The molecule has 0 saturated heterocycles. The van der Waals surface area contributed by atoms with E-state index < -0.39 is 5.82 Å². The first-order valence-electron chi connectivity index (χ1n) is 9.19. The third-order valence-electron chi connectivity index (χ3n) is 4.84. The number of imidazole rings is 1. The highest BCUT2D eigenvalue weighted by Gasteiger charge is 2.22. The molecule has 3 heterocycles. The summed E-state index contributed by atoms with van der Waals surface area (Å²) in [4.78, 5) is 9.30. The van der Waals surface area contributed by atoms with Gasteiger partial charge in [-0.15, -0.1) is 11.3 Å². The molecule has 0 amide bonds. The molecule has 0 radical (unpaired) electrons. The van der Waals surface area contributed by atoms with Gasteiger partial charge in [-0.3, -0.25) is 9.38 Å². The van der Waals surface area contributed by atoms with Crippen LogP contribution in [0.5, 0.6) is 0 Å². The zero-order chi connectivity index (χ0) is 19.8. The van der Waals surface area contributed by atoms with E-state index in [4.69, 9.17) is 4.98 Å². The fourth-order valence-electron chi connectivity index (χ4n) is 3.44. The van der Waals surface area contributed by atoms with Crippen LogP contribution in [0.3, 0.4) is 0 Å². The molecule has 0 saturated carbocycles. The van der Waals surface area contributed by atoms with Crippen LogP contribution in [0.25, 0.3) is 21.8 Å². The molecule has 144 valence electrons. The monoisotopic (exact) mass is 406 g/mol. The van der Waals surface area contributed by atoms with Gasteiger partial charge in [-0.25, -0.2) is 13.8 Å². The molecule has 0 spiro atoms. The first-order chi connectivity index (χ1) is 14.2. The van der Waals surface area contributed by atoms with Crippen LogP contribution in [0.2, 0.25) is 0 Å². The van der Waals surface area contributed by atoms with Crippen LogP contribution < -0.4 is 5.32 Å².